The van der Waals surface area contributed by atoms with E-state index in [4.69, 9.17) is 0 Å². The average Bonchev–Trinajstić information content (AvgIpc) is 3.01. The summed E-state index contributed by atoms with van der Waals surface area (Å²) >= 11 is 0. The van der Waals surface area contributed by atoms with Gasteiger partial charge in [0.2, 0.25) is 0 Å². The summed E-state index contributed by atoms with van der Waals surface area (Å²) in [7, 11) is 1.79. The molecule has 4 aromatic rings. The summed E-state index contributed by atoms with van der Waals surface area (Å²) in [6.45, 7) is 0. The molecule has 27 heavy (non-hydrogen) atoms. The van der Waals surface area contributed by atoms with Gasteiger partial charge in [0, 0.05) is 23.7 Å². The topological polar surface area (TPSA) is 17.8 Å². The summed E-state index contributed by atoms with van der Waals surface area (Å²) in [5, 5.41) is 4.61. The molecule has 0 bridgehead atoms. The second kappa shape index (κ2) is 6.76. The molecule has 3 aromatic carbocycles. The Labute approximate surface area is 154 Å². The summed E-state index contributed by atoms with van der Waals surface area (Å²) in [5.74, 6) is -1.01. The molecule has 4 rings (SSSR count). The van der Waals surface area contributed by atoms with Crippen LogP contribution in [-0.2, 0) is 7.05 Å². The van der Waals surface area contributed by atoms with Gasteiger partial charge in [0.05, 0.1) is 5.69 Å². The van der Waals surface area contributed by atoms with Crippen molar-refractivity contribution < 1.29 is 13.2 Å². The van der Waals surface area contributed by atoms with Crippen LogP contribution < -0.4 is 0 Å². The summed E-state index contributed by atoms with van der Waals surface area (Å²) in [5.41, 5.74) is 4.46. The van der Waals surface area contributed by atoms with E-state index >= 15 is 0 Å². The lowest BCUT2D eigenvalue weighted by molar-refractivity contribution is 0.627. The van der Waals surface area contributed by atoms with Gasteiger partial charge in [-0.3, -0.25) is 4.68 Å². The van der Waals surface area contributed by atoms with Crippen LogP contribution in [0.1, 0.15) is 0 Å². The minimum absolute atomic E-state index is 0.331. The molecule has 0 atom stereocenters. The van der Waals surface area contributed by atoms with Gasteiger partial charge in [-0.15, -0.1) is 0 Å². The zero-order chi connectivity index (χ0) is 19.0. The maximum atomic E-state index is 13.4. The van der Waals surface area contributed by atoms with Gasteiger partial charge in [-0.1, -0.05) is 12.1 Å². The first-order valence-electron chi connectivity index (χ1n) is 8.38. The van der Waals surface area contributed by atoms with Crippen molar-refractivity contribution >= 4 is 0 Å². The van der Waals surface area contributed by atoms with E-state index in [-0.39, 0.29) is 17.5 Å². The molecule has 0 unspecified atom stereocenters. The largest absolute Gasteiger partial charge is 0.267 e. The van der Waals surface area contributed by atoms with Crippen LogP contribution in [0.5, 0.6) is 0 Å². The molecule has 0 saturated heterocycles. The number of aryl methyl sites for hydroxylation is 1. The monoisotopic (exact) mass is 364 g/mol. The molecular formula is C22H15F3N2. The third kappa shape index (κ3) is 3.24. The maximum Gasteiger partial charge on any atom is 0.123 e. The Bertz CT molecular complexity index is 1080. The molecule has 0 aliphatic heterocycles. The first-order valence-corrected chi connectivity index (χ1v) is 8.38. The fourth-order valence-electron chi connectivity index (χ4n) is 3.16. The molecule has 0 amide bonds. The van der Waals surface area contributed by atoms with E-state index in [1.807, 2.05) is 0 Å². The van der Waals surface area contributed by atoms with Crippen LogP contribution in [0.25, 0.3) is 33.6 Å². The molecule has 5 heteroatoms. The molecule has 0 aliphatic carbocycles. The van der Waals surface area contributed by atoms with Crippen molar-refractivity contribution in [3.8, 4) is 33.6 Å². The smallest absolute Gasteiger partial charge is 0.123 e. The van der Waals surface area contributed by atoms with Gasteiger partial charge in [0.15, 0.2) is 0 Å². The van der Waals surface area contributed by atoms with Crippen LogP contribution in [0, 0.1) is 17.5 Å². The predicted octanol–water partition coefficient (Wildman–Crippen LogP) is 5.84. The number of nitrogens with zero attached hydrogens (tertiary/aromatic N) is 2. The fraction of sp³-hybridized carbons (Fsp3) is 0.0455. The van der Waals surface area contributed by atoms with E-state index < -0.39 is 0 Å². The molecular weight excluding hydrogens is 349 g/mol. The molecule has 0 fully saturated rings. The summed E-state index contributed by atoms with van der Waals surface area (Å²) in [6, 6.07) is 18.3. The Morgan fingerprint density at radius 1 is 0.593 bits per heavy atom. The SMILES string of the molecule is Cn1nc(-c2ccc(F)cc2)c(-c2ccc(F)cc2)c1-c1ccc(F)cc1. The Balaban J connectivity index is 1.99. The molecule has 0 N–H and O–H groups in total. The van der Waals surface area contributed by atoms with Gasteiger partial charge in [-0.25, -0.2) is 13.2 Å². The minimum atomic E-state index is -0.339. The fourth-order valence-corrected chi connectivity index (χ4v) is 3.16. The van der Waals surface area contributed by atoms with Crippen molar-refractivity contribution in [1.29, 1.82) is 0 Å². The van der Waals surface area contributed by atoms with Crippen LogP contribution >= 0.6 is 0 Å². The standard InChI is InChI=1S/C22H15F3N2/c1-27-22(16-6-12-19(25)13-7-16)20(14-2-8-17(23)9-3-14)21(26-27)15-4-10-18(24)11-5-15/h2-13H,1H3. The molecule has 0 radical (unpaired) electrons. The maximum absolute atomic E-state index is 13.4. The highest BCUT2D eigenvalue weighted by Gasteiger charge is 2.20. The second-order valence-electron chi connectivity index (χ2n) is 6.22. The number of hydrogen-bond donors (Lipinski definition) is 0. The molecule has 2 nitrogen and oxygen atoms in total. The van der Waals surface area contributed by atoms with Crippen LogP contribution in [0.3, 0.4) is 0 Å². The number of halogens is 3. The van der Waals surface area contributed by atoms with E-state index in [9.17, 15) is 13.2 Å². The van der Waals surface area contributed by atoms with Gasteiger partial charge in [-0.05, 0) is 66.2 Å². The molecule has 134 valence electrons. The van der Waals surface area contributed by atoms with E-state index in [0.717, 1.165) is 27.9 Å². The highest BCUT2D eigenvalue weighted by molar-refractivity contribution is 5.91. The molecule has 1 heterocycles. The molecule has 0 aliphatic rings. The Kier molecular flexibility index (Phi) is 4.28. The van der Waals surface area contributed by atoms with Gasteiger partial charge >= 0.3 is 0 Å². The lowest BCUT2D eigenvalue weighted by Crippen LogP contribution is -1.94. The van der Waals surface area contributed by atoms with Crippen LogP contribution in [0.2, 0.25) is 0 Å². The van der Waals surface area contributed by atoms with Gasteiger partial charge in [0.25, 0.3) is 0 Å². The van der Waals surface area contributed by atoms with Crippen LogP contribution in [-0.4, -0.2) is 9.78 Å². The van der Waals surface area contributed by atoms with E-state index in [2.05, 4.69) is 5.10 Å². The van der Waals surface area contributed by atoms with Crippen molar-refractivity contribution in [3.05, 3.63) is 90.2 Å². The first kappa shape index (κ1) is 17.1. The molecule has 1 aromatic heterocycles. The van der Waals surface area contributed by atoms with Crippen LogP contribution in [0.4, 0.5) is 13.2 Å². The number of benzene rings is 3. The zero-order valence-electron chi connectivity index (χ0n) is 14.5. The predicted molar refractivity (Wildman–Crippen MR) is 99.4 cm³/mol. The average molecular weight is 364 g/mol. The van der Waals surface area contributed by atoms with Gasteiger partial charge in [0.1, 0.15) is 23.1 Å². The summed E-state index contributed by atoms with van der Waals surface area (Å²) in [4.78, 5) is 0. The van der Waals surface area contributed by atoms with Gasteiger partial charge < -0.3 is 0 Å². The Morgan fingerprint density at radius 2 is 1.00 bits per heavy atom. The number of rotatable bonds is 3. The lowest BCUT2D eigenvalue weighted by atomic mass is 9.96. The Morgan fingerprint density at radius 3 is 1.48 bits per heavy atom. The zero-order valence-corrected chi connectivity index (χ0v) is 14.5. The number of aromatic nitrogens is 2. The number of hydrogen-bond acceptors (Lipinski definition) is 1. The van der Waals surface area contributed by atoms with Crippen molar-refractivity contribution in [3.63, 3.8) is 0 Å². The third-order valence-electron chi connectivity index (χ3n) is 4.42. The normalized spacial score (nSPS) is 11.0. The van der Waals surface area contributed by atoms with E-state index in [0.29, 0.717) is 5.69 Å². The Hall–Kier alpha value is -3.34. The van der Waals surface area contributed by atoms with Crippen LogP contribution in [0.15, 0.2) is 72.8 Å². The molecule has 0 saturated carbocycles. The second-order valence-corrected chi connectivity index (χ2v) is 6.22. The van der Waals surface area contributed by atoms with Crippen molar-refractivity contribution in [2.75, 3.05) is 0 Å². The quantitative estimate of drug-likeness (QED) is 0.447. The summed E-state index contributed by atoms with van der Waals surface area (Å²) < 4.78 is 41.9. The first-order chi connectivity index (χ1) is 13.0. The van der Waals surface area contributed by atoms with E-state index in [1.54, 1.807) is 48.1 Å². The van der Waals surface area contributed by atoms with E-state index in [1.165, 1.54) is 36.4 Å². The van der Waals surface area contributed by atoms with Gasteiger partial charge in [-0.2, -0.15) is 5.10 Å². The summed E-state index contributed by atoms with van der Waals surface area (Å²) in [6.07, 6.45) is 0. The molecule has 0 spiro atoms. The third-order valence-corrected chi connectivity index (χ3v) is 4.42. The highest BCUT2D eigenvalue weighted by atomic mass is 19.1. The minimum Gasteiger partial charge on any atom is -0.267 e. The highest BCUT2D eigenvalue weighted by Crippen LogP contribution is 2.39. The lowest BCUT2D eigenvalue weighted by Gasteiger charge is -2.09. The van der Waals surface area contributed by atoms with Crippen molar-refractivity contribution in [2.24, 2.45) is 7.05 Å². The van der Waals surface area contributed by atoms with Crippen molar-refractivity contribution in [1.82, 2.24) is 9.78 Å². The van der Waals surface area contributed by atoms with Crippen molar-refractivity contribution in [2.45, 2.75) is 0 Å².